The van der Waals surface area contributed by atoms with Gasteiger partial charge in [-0.2, -0.15) is 10.2 Å². The Bertz CT molecular complexity index is 757. The van der Waals surface area contributed by atoms with Gasteiger partial charge in [0, 0.05) is 44.9 Å². The highest BCUT2D eigenvalue weighted by molar-refractivity contribution is 5.28. The zero-order chi connectivity index (χ0) is 15.8. The lowest BCUT2D eigenvalue weighted by molar-refractivity contribution is 0.0739. The fourth-order valence-corrected chi connectivity index (χ4v) is 3.85. The molecule has 0 saturated carbocycles. The molecule has 0 radical (unpaired) electrons. The van der Waals surface area contributed by atoms with Crippen molar-refractivity contribution in [2.75, 3.05) is 13.1 Å². The summed E-state index contributed by atoms with van der Waals surface area (Å²) in [4.78, 5) is 14.2. The Balaban J connectivity index is 1.37. The summed E-state index contributed by atoms with van der Waals surface area (Å²) in [7, 11) is 2.07. The van der Waals surface area contributed by atoms with E-state index in [4.69, 9.17) is 5.10 Å². The molecule has 1 aliphatic carbocycles. The molecule has 2 aliphatic rings. The molecular formula is C17H23N5O. The Kier molecular flexibility index (Phi) is 3.77. The topological polar surface area (TPSA) is 56.0 Å². The average molecular weight is 313 g/mol. The van der Waals surface area contributed by atoms with Crippen molar-refractivity contribution in [3.8, 4) is 0 Å². The van der Waals surface area contributed by atoms with Crippen LogP contribution in [-0.4, -0.2) is 37.6 Å². The Hall–Kier alpha value is -1.95. The van der Waals surface area contributed by atoms with Gasteiger partial charge in [0.2, 0.25) is 0 Å². The van der Waals surface area contributed by atoms with Gasteiger partial charge in [0.25, 0.3) is 5.56 Å². The van der Waals surface area contributed by atoms with E-state index in [1.807, 2.05) is 0 Å². The van der Waals surface area contributed by atoms with Crippen molar-refractivity contribution < 1.29 is 0 Å². The van der Waals surface area contributed by atoms with E-state index in [1.54, 1.807) is 23.0 Å². The summed E-state index contributed by atoms with van der Waals surface area (Å²) in [5.74, 6) is 0.520. The van der Waals surface area contributed by atoms with Crippen molar-refractivity contribution in [1.29, 1.82) is 0 Å². The summed E-state index contributed by atoms with van der Waals surface area (Å²) >= 11 is 0. The second-order valence-electron chi connectivity index (χ2n) is 6.81. The highest BCUT2D eigenvalue weighted by Gasteiger charge is 2.29. The zero-order valence-electron chi connectivity index (χ0n) is 13.6. The van der Waals surface area contributed by atoms with E-state index in [0.717, 1.165) is 32.6 Å². The zero-order valence-corrected chi connectivity index (χ0v) is 13.6. The smallest absolute Gasteiger partial charge is 0.266 e. The van der Waals surface area contributed by atoms with Gasteiger partial charge in [-0.05, 0) is 37.3 Å². The number of likely N-dealkylation sites (tertiary alicyclic amines) is 1. The quantitative estimate of drug-likeness (QED) is 0.844. The first-order chi connectivity index (χ1) is 11.2. The van der Waals surface area contributed by atoms with E-state index in [0.29, 0.717) is 5.92 Å². The largest absolute Gasteiger partial charge is 0.297 e. The van der Waals surface area contributed by atoms with Crippen LogP contribution < -0.4 is 5.56 Å². The van der Waals surface area contributed by atoms with Gasteiger partial charge in [-0.1, -0.05) is 0 Å². The molecule has 2 aromatic rings. The number of nitrogens with zero attached hydrogens (tertiary/aromatic N) is 5. The first-order valence-electron chi connectivity index (χ1n) is 8.49. The molecule has 1 aliphatic heterocycles. The lowest BCUT2D eigenvalue weighted by atomic mass is 9.94. The fraction of sp³-hybridized carbons (Fsp3) is 0.588. The molecule has 0 N–H and O–H groups in total. The van der Waals surface area contributed by atoms with Crippen molar-refractivity contribution >= 4 is 0 Å². The number of aryl methyl sites for hydroxylation is 2. The van der Waals surface area contributed by atoms with Crippen LogP contribution in [0.4, 0.5) is 0 Å². The van der Waals surface area contributed by atoms with E-state index in [1.165, 1.54) is 36.2 Å². The molecule has 0 atom stereocenters. The maximum Gasteiger partial charge on any atom is 0.266 e. The van der Waals surface area contributed by atoms with Crippen LogP contribution in [0.3, 0.4) is 0 Å². The standard InChI is InChI=1S/C17H23N5O/c1-20-16(14-5-2-3-6-15(14)19-20)12-21-9-13(10-21)11-22-17(23)7-4-8-18-22/h4,7-8,13H,2-3,5-6,9-12H2,1H3. The first-order valence-corrected chi connectivity index (χ1v) is 8.49. The van der Waals surface area contributed by atoms with E-state index in [9.17, 15) is 4.79 Å². The van der Waals surface area contributed by atoms with E-state index < -0.39 is 0 Å². The van der Waals surface area contributed by atoms with Crippen LogP contribution >= 0.6 is 0 Å². The fourth-order valence-electron chi connectivity index (χ4n) is 3.85. The third-order valence-corrected chi connectivity index (χ3v) is 5.07. The van der Waals surface area contributed by atoms with Crippen LogP contribution in [0.2, 0.25) is 0 Å². The average Bonchev–Trinajstić information content (AvgIpc) is 2.83. The first kappa shape index (κ1) is 14.6. The van der Waals surface area contributed by atoms with Gasteiger partial charge in [-0.25, -0.2) is 4.68 Å². The molecule has 0 aromatic carbocycles. The molecule has 6 heteroatoms. The predicted octanol–water partition coefficient (Wildman–Crippen LogP) is 0.988. The van der Waals surface area contributed by atoms with Crippen molar-refractivity contribution in [2.24, 2.45) is 13.0 Å². The lowest BCUT2D eigenvalue weighted by Crippen LogP contribution is -2.49. The molecule has 6 nitrogen and oxygen atoms in total. The Morgan fingerprint density at radius 1 is 1.26 bits per heavy atom. The Labute approximate surface area is 135 Å². The third kappa shape index (κ3) is 2.83. The van der Waals surface area contributed by atoms with Gasteiger partial charge in [-0.15, -0.1) is 0 Å². The number of hydrogen-bond acceptors (Lipinski definition) is 4. The van der Waals surface area contributed by atoms with Crippen LogP contribution in [-0.2, 0) is 33.0 Å². The molecule has 0 bridgehead atoms. The summed E-state index contributed by atoms with van der Waals surface area (Å²) < 4.78 is 3.65. The van der Waals surface area contributed by atoms with Gasteiger partial charge in [0.05, 0.1) is 17.9 Å². The summed E-state index contributed by atoms with van der Waals surface area (Å²) in [6, 6.07) is 3.27. The van der Waals surface area contributed by atoms with Crippen molar-refractivity contribution in [3.05, 3.63) is 45.6 Å². The normalized spacial score (nSPS) is 18.7. The Morgan fingerprint density at radius 3 is 2.91 bits per heavy atom. The van der Waals surface area contributed by atoms with E-state index in [-0.39, 0.29) is 5.56 Å². The van der Waals surface area contributed by atoms with E-state index >= 15 is 0 Å². The minimum atomic E-state index is -0.00773. The molecule has 122 valence electrons. The van der Waals surface area contributed by atoms with Gasteiger partial charge in [0.15, 0.2) is 0 Å². The second-order valence-corrected chi connectivity index (χ2v) is 6.81. The SMILES string of the molecule is Cn1nc2c(c1CN1CC(Cn3ncccc3=O)C1)CCCC2. The number of fused-ring (bicyclic) bond motifs is 1. The molecule has 2 aromatic heterocycles. The molecule has 0 spiro atoms. The molecule has 1 saturated heterocycles. The molecule has 0 amide bonds. The Morgan fingerprint density at radius 2 is 2.09 bits per heavy atom. The number of rotatable bonds is 4. The van der Waals surface area contributed by atoms with E-state index in [2.05, 4.69) is 21.7 Å². The number of hydrogen-bond donors (Lipinski definition) is 0. The minimum absolute atomic E-state index is 0.00773. The maximum absolute atomic E-state index is 11.7. The van der Waals surface area contributed by atoms with Crippen LogP contribution in [0.25, 0.3) is 0 Å². The highest BCUT2D eigenvalue weighted by Crippen LogP contribution is 2.27. The molecular weight excluding hydrogens is 290 g/mol. The molecule has 1 fully saturated rings. The van der Waals surface area contributed by atoms with Gasteiger partial charge < -0.3 is 0 Å². The van der Waals surface area contributed by atoms with Gasteiger partial charge >= 0.3 is 0 Å². The van der Waals surface area contributed by atoms with Crippen LogP contribution in [0.5, 0.6) is 0 Å². The van der Waals surface area contributed by atoms with Gasteiger partial charge in [0.1, 0.15) is 0 Å². The minimum Gasteiger partial charge on any atom is -0.297 e. The van der Waals surface area contributed by atoms with Crippen molar-refractivity contribution in [3.63, 3.8) is 0 Å². The summed E-state index contributed by atoms with van der Waals surface area (Å²) in [5.41, 5.74) is 4.17. The monoisotopic (exact) mass is 313 g/mol. The summed E-state index contributed by atoms with van der Waals surface area (Å²) in [6.07, 6.45) is 6.55. The predicted molar refractivity (Wildman–Crippen MR) is 87.1 cm³/mol. The van der Waals surface area contributed by atoms with Crippen molar-refractivity contribution in [2.45, 2.75) is 38.8 Å². The third-order valence-electron chi connectivity index (χ3n) is 5.07. The highest BCUT2D eigenvalue weighted by atomic mass is 16.1. The summed E-state index contributed by atoms with van der Waals surface area (Å²) in [6.45, 7) is 3.76. The van der Waals surface area contributed by atoms with Crippen LogP contribution in [0, 0.1) is 5.92 Å². The van der Waals surface area contributed by atoms with Crippen LogP contribution in [0.15, 0.2) is 23.1 Å². The number of aromatic nitrogens is 4. The van der Waals surface area contributed by atoms with Crippen LogP contribution in [0.1, 0.15) is 29.8 Å². The molecule has 4 rings (SSSR count). The lowest BCUT2D eigenvalue weighted by Gasteiger charge is -2.39. The van der Waals surface area contributed by atoms with Crippen molar-refractivity contribution in [1.82, 2.24) is 24.5 Å². The molecule has 3 heterocycles. The maximum atomic E-state index is 11.7. The van der Waals surface area contributed by atoms with Gasteiger partial charge in [-0.3, -0.25) is 14.4 Å². The molecule has 23 heavy (non-hydrogen) atoms. The second kappa shape index (κ2) is 5.92. The summed E-state index contributed by atoms with van der Waals surface area (Å²) in [5, 5.41) is 8.84. The molecule has 0 unspecified atom stereocenters.